The molecule has 0 radical (unpaired) electrons. The number of likely N-dealkylation sites (tertiary alicyclic amines) is 1. The number of likely N-dealkylation sites (N-methyl/N-ethyl adjacent to an activating group) is 2. The SMILES string of the molecule is [C-]#[N+][C@@H]1C[C@@]2(CN1C(=O)[C@H](CC(C)C)N(C)C(=O)[C@H](CC(C)(C)C)N(C)C(=O)OCc1ccccc1)C(=O)Nc1ccccc12. The Hall–Kier alpha value is -4.39. The Kier molecular flexibility index (Phi) is 9.91. The van der Waals surface area contributed by atoms with Gasteiger partial charge < -0.3 is 15.0 Å². The summed E-state index contributed by atoms with van der Waals surface area (Å²) in [7, 11) is 3.13. The molecule has 1 spiro atoms. The van der Waals surface area contributed by atoms with Gasteiger partial charge in [-0.2, -0.15) is 0 Å². The van der Waals surface area contributed by atoms with Crippen LogP contribution in [0.25, 0.3) is 4.85 Å². The fourth-order valence-corrected chi connectivity index (χ4v) is 6.33. The van der Waals surface area contributed by atoms with Crippen LogP contribution in [0.1, 0.15) is 65.0 Å². The zero-order chi connectivity index (χ0) is 33.1. The molecule has 2 heterocycles. The average Bonchev–Trinajstić information content (AvgIpc) is 3.53. The first kappa shape index (κ1) is 33.5. The summed E-state index contributed by atoms with van der Waals surface area (Å²) in [5, 5.41) is 2.92. The van der Waals surface area contributed by atoms with Crippen molar-refractivity contribution >= 4 is 29.5 Å². The van der Waals surface area contributed by atoms with Crippen molar-refractivity contribution in [2.24, 2.45) is 11.3 Å². The smallest absolute Gasteiger partial charge is 0.410 e. The summed E-state index contributed by atoms with van der Waals surface area (Å²) in [6, 6.07) is 14.9. The van der Waals surface area contributed by atoms with E-state index in [0.717, 1.165) is 11.1 Å². The third-order valence-corrected chi connectivity index (χ3v) is 8.73. The van der Waals surface area contributed by atoms with Gasteiger partial charge >= 0.3 is 12.3 Å². The molecule has 4 atom stereocenters. The van der Waals surface area contributed by atoms with E-state index in [0.29, 0.717) is 18.5 Å². The number of nitrogens with one attached hydrogen (secondary N) is 1. The highest BCUT2D eigenvalue weighted by molar-refractivity contribution is 6.07. The van der Waals surface area contributed by atoms with Gasteiger partial charge in [0, 0.05) is 26.3 Å². The molecular formula is C35H45N5O5. The second-order valence-corrected chi connectivity index (χ2v) is 13.9. The second kappa shape index (κ2) is 13.3. The highest BCUT2D eigenvalue weighted by Gasteiger charge is 2.59. The largest absolute Gasteiger partial charge is 0.445 e. The van der Waals surface area contributed by atoms with Crippen LogP contribution in [0.3, 0.4) is 0 Å². The van der Waals surface area contributed by atoms with Crippen LogP contribution in [0.15, 0.2) is 54.6 Å². The van der Waals surface area contributed by atoms with Gasteiger partial charge in [-0.25, -0.2) is 11.4 Å². The van der Waals surface area contributed by atoms with E-state index in [-0.39, 0.29) is 48.6 Å². The molecule has 10 nitrogen and oxygen atoms in total. The lowest BCUT2D eigenvalue weighted by Gasteiger charge is -2.38. The van der Waals surface area contributed by atoms with Crippen LogP contribution >= 0.6 is 0 Å². The third kappa shape index (κ3) is 7.14. The molecule has 10 heteroatoms. The van der Waals surface area contributed by atoms with Crippen molar-refractivity contribution < 1.29 is 23.9 Å². The van der Waals surface area contributed by atoms with Crippen molar-refractivity contribution in [3.63, 3.8) is 0 Å². The van der Waals surface area contributed by atoms with E-state index in [2.05, 4.69) is 10.2 Å². The van der Waals surface area contributed by atoms with E-state index in [1.807, 2.05) is 89.2 Å². The first-order chi connectivity index (χ1) is 21.2. The minimum absolute atomic E-state index is 0.0438. The van der Waals surface area contributed by atoms with Crippen LogP contribution in [0.4, 0.5) is 10.5 Å². The highest BCUT2D eigenvalue weighted by atomic mass is 16.6. The molecule has 1 fully saturated rings. The number of ether oxygens (including phenoxy) is 1. The summed E-state index contributed by atoms with van der Waals surface area (Å²) in [6.45, 7) is 17.9. The van der Waals surface area contributed by atoms with Crippen LogP contribution < -0.4 is 5.32 Å². The Labute approximate surface area is 266 Å². The molecule has 4 amide bonds. The van der Waals surface area contributed by atoms with Crippen molar-refractivity contribution in [2.45, 2.75) is 84.2 Å². The topological polar surface area (TPSA) is 104 Å². The number of amides is 4. The average molecular weight is 616 g/mol. The van der Waals surface area contributed by atoms with Crippen LogP contribution in [-0.4, -0.2) is 77.4 Å². The maximum atomic E-state index is 14.4. The number of hydrogen-bond acceptors (Lipinski definition) is 5. The number of para-hydroxylation sites is 1. The van der Waals surface area contributed by atoms with Gasteiger partial charge in [0.1, 0.15) is 24.1 Å². The number of hydrogen-bond donors (Lipinski definition) is 1. The zero-order valence-electron chi connectivity index (χ0n) is 27.4. The van der Waals surface area contributed by atoms with Gasteiger partial charge in [-0.05, 0) is 41.4 Å². The Morgan fingerprint density at radius 1 is 1.04 bits per heavy atom. The minimum atomic E-state index is -1.02. The predicted molar refractivity (Wildman–Crippen MR) is 172 cm³/mol. The summed E-state index contributed by atoms with van der Waals surface area (Å²) in [6.07, 6.45) is -0.623. The van der Waals surface area contributed by atoms with E-state index in [9.17, 15) is 19.2 Å². The van der Waals surface area contributed by atoms with E-state index in [1.165, 1.54) is 14.7 Å². The number of anilines is 1. The Morgan fingerprint density at radius 2 is 1.69 bits per heavy atom. The van der Waals surface area contributed by atoms with Gasteiger partial charge in [0.05, 0.1) is 6.42 Å². The second-order valence-electron chi connectivity index (χ2n) is 13.9. The zero-order valence-corrected chi connectivity index (χ0v) is 27.4. The molecule has 0 bridgehead atoms. The minimum Gasteiger partial charge on any atom is -0.445 e. The quantitative estimate of drug-likeness (QED) is 0.386. The molecule has 240 valence electrons. The van der Waals surface area contributed by atoms with Crippen LogP contribution in [0.2, 0.25) is 0 Å². The van der Waals surface area contributed by atoms with Crippen LogP contribution in [-0.2, 0) is 31.1 Å². The molecule has 1 saturated heterocycles. The summed E-state index contributed by atoms with van der Waals surface area (Å²) in [4.78, 5) is 63.2. The number of carbonyl (C=O) groups is 4. The van der Waals surface area contributed by atoms with Crippen LogP contribution in [0.5, 0.6) is 0 Å². The van der Waals surface area contributed by atoms with Gasteiger partial charge in [-0.3, -0.25) is 29.0 Å². The standard InChI is InChI=1S/C35H45N5O5/c1-23(2)18-27(31(42)40-22-35(20-29(40)36-6)25-16-12-13-17-26(25)37-32(35)43)38(7)30(41)28(19-34(3,4)5)39(8)33(44)45-21-24-14-10-9-11-15-24/h9-17,23,27-29H,18-22H2,1-5,7-8H3,(H,37,43)/t27-,28-,29-,35-/m0/s1. The van der Waals surface area contributed by atoms with Crippen molar-refractivity contribution in [2.75, 3.05) is 26.0 Å². The number of fused-ring (bicyclic) bond motifs is 2. The maximum Gasteiger partial charge on any atom is 0.410 e. The van der Waals surface area contributed by atoms with Crippen molar-refractivity contribution in [3.05, 3.63) is 77.1 Å². The molecule has 0 unspecified atom stereocenters. The summed E-state index contributed by atoms with van der Waals surface area (Å²) >= 11 is 0. The Morgan fingerprint density at radius 3 is 2.31 bits per heavy atom. The van der Waals surface area contributed by atoms with E-state index >= 15 is 0 Å². The van der Waals surface area contributed by atoms with Gasteiger partial charge in [0.25, 0.3) is 5.91 Å². The molecular weight excluding hydrogens is 570 g/mol. The van der Waals surface area contributed by atoms with E-state index in [4.69, 9.17) is 11.3 Å². The van der Waals surface area contributed by atoms with Gasteiger partial charge in [0.15, 0.2) is 0 Å². The molecule has 2 aliphatic rings. The molecule has 2 aromatic carbocycles. The molecule has 2 aliphatic heterocycles. The first-order valence-corrected chi connectivity index (χ1v) is 15.5. The molecule has 45 heavy (non-hydrogen) atoms. The van der Waals surface area contributed by atoms with Crippen LogP contribution in [0, 0.1) is 17.9 Å². The lowest BCUT2D eigenvalue weighted by atomic mass is 9.80. The molecule has 4 rings (SSSR count). The summed E-state index contributed by atoms with van der Waals surface area (Å²) in [5.74, 6) is -0.945. The Balaban J connectivity index is 1.60. The molecule has 0 aliphatic carbocycles. The summed E-state index contributed by atoms with van der Waals surface area (Å²) in [5.41, 5.74) is 0.952. The molecule has 0 aromatic heterocycles. The first-order valence-electron chi connectivity index (χ1n) is 15.5. The van der Waals surface area contributed by atoms with Gasteiger partial charge in [-0.15, -0.1) is 0 Å². The monoisotopic (exact) mass is 615 g/mol. The fraction of sp³-hybridized carbons (Fsp3) is 0.514. The van der Waals surface area contributed by atoms with Gasteiger partial charge in [-0.1, -0.05) is 83.1 Å². The Bertz CT molecular complexity index is 1460. The lowest BCUT2D eigenvalue weighted by Crippen LogP contribution is -2.57. The van der Waals surface area contributed by atoms with Crippen molar-refractivity contribution in [1.82, 2.24) is 14.7 Å². The number of nitrogens with zero attached hydrogens (tertiary/aromatic N) is 4. The summed E-state index contributed by atoms with van der Waals surface area (Å²) < 4.78 is 5.56. The molecule has 0 saturated carbocycles. The maximum absolute atomic E-state index is 14.4. The van der Waals surface area contributed by atoms with Crippen molar-refractivity contribution in [3.8, 4) is 0 Å². The number of rotatable bonds is 9. The normalized spacial score (nSPS) is 20.3. The lowest BCUT2D eigenvalue weighted by molar-refractivity contribution is -0.148. The highest BCUT2D eigenvalue weighted by Crippen LogP contribution is 2.47. The fourth-order valence-electron chi connectivity index (χ4n) is 6.33. The van der Waals surface area contributed by atoms with E-state index in [1.54, 1.807) is 14.1 Å². The molecule has 1 N–H and O–H groups in total. The number of benzene rings is 2. The van der Waals surface area contributed by atoms with Gasteiger partial charge in [0.2, 0.25) is 11.8 Å². The molecule has 2 aromatic rings. The third-order valence-electron chi connectivity index (χ3n) is 8.73. The van der Waals surface area contributed by atoms with E-state index < -0.39 is 29.8 Å². The predicted octanol–water partition coefficient (Wildman–Crippen LogP) is 5.30. The number of carbonyl (C=O) groups excluding carboxylic acids is 4. The van der Waals surface area contributed by atoms with Crippen molar-refractivity contribution in [1.29, 1.82) is 0 Å².